The summed E-state index contributed by atoms with van der Waals surface area (Å²) < 4.78 is 5.26. The monoisotopic (exact) mass is 235 g/mol. The van der Waals surface area contributed by atoms with E-state index in [9.17, 15) is 4.79 Å². The minimum atomic E-state index is -0.326. The molecule has 0 aliphatic carbocycles. The first-order valence-electron chi connectivity index (χ1n) is 6.12. The first-order valence-corrected chi connectivity index (χ1v) is 6.12. The number of benzene rings is 1. The average Bonchev–Trinajstić information content (AvgIpc) is 2.29. The summed E-state index contributed by atoms with van der Waals surface area (Å²) >= 11 is 0. The summed E-state index contributed by atoms with van der Waals surface area (Å²) in [7, 11) is 0. The molecule has 1 rings (SSSR count). The molecule has 0 aromatic heterocycles. The van der Waals surface area contributed by atoms with Gasteiger partial charge in [0.15, 0.2) is 0 Å². The second-order valence-corrected chi connectivity index (χ2v) is 4.27. The standard InChI is InChI=1S/C14H21NO2/c1-4-9-15-14(16)17-12(3)10-13-8-6-5-7-11(13)2/h5-8,12H,4,9-10H2,1-3H3,(H,15,16)/t12-/m0/s1. The Hall–Kier alpha value is -1.51. The highest BCUT2D eigenvalue weighted by Crippen LogP contribution is 2.11. The third-order valence-electron chi connectivity index (χ3n) is 2.60. The molecule has 0 saturated carbocycles. The number of rotatable bonds is 5. The predicted octanol–water partition coefficient (Wildman–Crippen LogP) is 3.06. The zero-order chi connectivity index (χ0) is 12.7. The van der Waals surface area contributed by atoms with Crippen LogP contribution in [0.25, 0.3) is 0 Å². The second kappa shape index (κ2) is 6.94. The molecule has 1 aromatic carbocycles. The van der Waals surface area contributed by atoms with Gasteiger partial charge in [-0.2, -0.15) is 0 Å². The highest BCUT2D eigenvalue weighted by molar-refractivity contribution is 5.67. The molecule has 1 N–H and O–H groups in total. The summed E-state index contributed by atoms with van der Waals surface area (Å²) in [6.45, 7) is 6.66. The van der Waals surface area contributed by atoms with Gasteiger partial charge in [0, 0.05) is 13.0 Å². The van der Waals surface area contributed by atoms with Crippen LogP contribution in [0, 0.1) is 6.92 Å². The van der Waals surface area contributed by atoms with E-state index in [4.69, 9.17) is 4.74 Å². The van der Waals surface area contributed by atoms with Crippen molar-refractivity contribution in [2.24, 2.45) is 0 Å². The minimum absolute atomic E-state index is 0.104. The SMILES string of the molecule is CCCNC(=O)O[C@@H](C)Cc1ccccc1C. The fraction of sp³-hybridized carbons (Fsp3) is 0.500. The largest absolute Gasteiger partial charge is 0.446 e. The molecule has 3 heteroatoms. The van der Waals surface area contributed by atoms with Crippen molar-refractivity contribution < 1.29 is 9.53 Å². The highest BCUT2D eigenvalue weighted by Gasteiger charge is 2.10. The molecule has 0 heterocycles. The fourth-order valence-corrected chi connectivity index (χ4v) is 1.64. The normalized spacial score (nSPS) is 11.9. The molecule has 0 aliphatic rings. The van der Waals surface area contributed by atoms with E-state index in [1.54, 1.807) is 0 Å². The molecule has 0 fully saturated rings. The van der Waals surface area contributed by atoms with Crippen molar-refractivity contribution >= 4 is 6.09 Å². The molecule has 0 radical (unpaired) electrons. The Balaban J connectivity index is 2.42. The molecule has 1 aromatic rings. The lowest BCUT2D eigenvalue weighted by Crippen LogP contribution is -2.29. The minimum Gasteiger partial charge on any atom is -0.446 e. The summed E-state index contributed by atoms with van der Waals surface area (Å²) in [4.78, 5) is 11.4. The van der Waals surface area contributed by atoms with Crippen molar-refractivity contribution in [3.8, 4) is 0 Å². The molecule has 0 spiro atoms. The van der Waals surface area contributed by atoms with Crippen LogP contribution < -0.4 is 5.32 Å². The number of aryl methyl sites for hydroxylation is 1. The summed E-state index contributed by atoms with van der Waals surface area (Å²) in [5, 5.41) is 2.70. The zero-order valence-electron chi connectivity index (χ0n) is 10.8. The van der Waals surface area contributed by atoms with Gasteiger partial charge in [-0.3, -0.25) is 0 Å². The summed E-state index contributed by atoms with van der Waals surface area (Å²) in [6, 6.07) is 8.16. The van der Waals surface area contributed by atoms with Gasteiger partial charge in [-0.05, 0) is 31.4 Å². The van der Waals surface area contributed by atoms with Crippen LogP contribution >= 0.6 is 0 Å². The van der Waals surface area contributed by atoms with Gasteiger partial charge in [-0.1, -0.05) is 31.2 Å². The van der Waals surface area contributed by atoms with E-state index in [1.807, 2.05) is 26.0 Å². The molecule has 1 amide bonds. The zero-order valence-corrected chi connectivity index (χ0v) is 10.8. The molecular weight excluding hydrogens is 214 g/mol. The Bertz CT molecular complexity index is 363. The number of hydrogen-bond acceptors (Lipinski definition) is 2. The van der Waals surface area contributed by atoms with Crippen molar-refractivity contribution in [3.63, 3.8) is 0 Å². The van der Waals surface area contributed by atoms with E-state index in [0.29, 0.717) is 6.54 Å². The number of amides is 1. The number of ether oxygens (including phenoxy) is 1. The Kier molecular flexibility index (Phi) is 5.53. The van der Waals surface area contributed by atoms with Gasteiger partial charge in [-0.15, -0.1) is 0 Å². The summed E-state index contributed by atoms with van der Waals surface area (Å²) in [6.07, 6.45) is 1.24. The van der Waals surface area contributed by atoms with Gasteiger partial charge in [-0.25, -0.2) is 4.79 Å². The van der Waals surface area contributed by atoms with Crippen LogP contribution in [0.3, 0.4) is 0 Å². The van der Waals surface area contributed by atoms with Crippen molar-refractivity contribution in [2.45, 2.75) is 39.7 Å². The third kappa shape index (κ3) is 4.89. The quantitative estimate of drug-likeness (QED) is 0.851. The van der Waals surface area contributed by atoms with Crippen LogP contribution in [0.4, 0.5) is 4.79 Å². The first kappa shape index (κ1) is 13.6. The van der Waals surface area contributed by atoms with E-state index in [0.717, 1.165) is 12.8 Å². The van der Waals surface area contributed by atoms with E-state index in [-0.39, 0.29) is 12.2 Å². The molecule has 17 heavy (non-hydrogen) atoms. The average molecular weight is 235 g/mol. The van der Waals surface area contributed by atoms with Crippen molar-refractivity contribution in [1.29, 1.82) is 0 Å². The molecule has 3 nitrogen and oxygen atoms in total. The van der Waals surface area contributed by atoms with Crippen molar-refractivity contribution in [2.75, 3.05) is 6.54 Å². The van der Waals surface area contributed by atoms with Crippen LogP contribution in [0.15, 0.2) is 24.3 Å². The number of carbonyl (C=O) groups excluding carboxylic acids is 1. The van der Waals surface area contributed by atoms with E-state index >= 15 is 0 Å². The number of nitrogens with one attached hydrogen (secondary N) is 1. The van der Waals surface area contributed by atoms with Crippen LogP contribution in [-0.4, -0.2) is 18.7 Å². The molecule has 94 valence electrons. The van der Waals surface area contributed by atoms with Gasteiger partial charge in [0.2, 0.25) is 0 Å². The maximum absolute atomic E-state index is 11.4. The van der Waals surface area contributed by atoms with Gasteiger partial charge >= 0.3 is 6.09 Å². The van der Waals surface area contributed by atoms with E-state index in [2.05, 4.69) is 24.4 Å². The Morgan fingerprint density at radius 3 is 2.76 bits per heavy atom. The Morgan fingerprint density at radius 2 is 2.12 bits per heavy atom. The van der Waals surface area contributed by atoms with Gasteiger partial charge in [0.25, 0.3) is 0 Å². The number of hydrogen-bond donors (Lipinski definition) is 1. The lowest BCUT2D eigenvalue weighted by Gasteiger charge is -2.15. The summed E-state index contributed by atoms with van der Waals surface area (Å²) in [5.41, 5.74) is 2.46. The van der Waals surface area contributed by atoms with Crippen LogP contribution in [0.2, 0.25) is 0 Å². The fourth-order valence-electron chi connectivity index (χ4n) is 1.64. The summed E-state index contributed by atoms with van der Waals surface area (Å²) in [5.74, 6) is 0. The predicted molar refractivity (Wildman–Crippen MR) is 69.1 cm³/mol. The molecular formula is C14H21NO2. The van der Waals surface area contributed by atoms with E-state index < -0.39 is 0 Å². The molecule has 0 saturated heterocycles. The third-order valence-corrected chi connectivity index (χ3v) is 2.60. The van der Waals surface area contributed by atoms with Gasteiger partial charge < -0.3 is 10.1 Å². The number of carbonyl (C=O) groups is 1. The molecule has 0 bridgehead atoms. The maximum Gasteiger partial charge on any atom is 0.407 e. The number of alkyl carbamates (subject to hydrolysis) is 1. The topological polar surface area (TPSA) is 38.3 Å². The highest BCUT2D eigenvalue weighted by atomic mass is 16.6. The van der Waals surface area contributed by atoms with Gasteiger partial charge in [0.05, 0.1) is 0 Å². The van der Waals surface area contributed by atoms with Crippen molar-refractivity contribution in [3.05, 3.63) is 35.4 Å². The Labute approximate surface area is 103 Å². The Morgan fingerprint density at radius 1 is 1.41 bits per heavy atom. The maximum atomic E-state index is 11.4. The van der Waals surface area contributed by atoms with Gasteiger partial charge in [0.1, 0.15) is 6.10 Å². The smallest absolute Gasteiger partial charge is 0.407 e. The second-order valence-electron chi connectivity index (χ2n) is 4.27. The van der Waals surface area contributed by atoms with Crippen LogP contribution in [0.1, 0.15) is 31.4 Å². The molecule has 0 aliphatic heterocycles. The van der Waals surface area contributed by atoms with Crippen molar-refractivity contribution in [1.82, 2.24) is 5.32 Å². The molecule has 0 unspecified atom stereocenters. The lowest BCUT2D eigenvalue weighted by molar-refractivity contribution is 0.107. The first-order chi connectivity index (χ1) is 8.13. The van der Waals surface area contributed by atoms with Crippen LogP contribution in [0.5, 0.6) is 0 Å². The van der Waals surface area contributed by atoms with Crippen LogP contribution in [-0.2, 0) is 11.2 Å². The lowest BCUT2D eigenvalue weighted by atomic mass is 10.0. The molecule has 1 atom stereocenters. The van der Waals surface area contributed by atoms with E-state index in [1.165, 1.54) is 11.1 Å².